The van der Waals surface area contributed by atoms with Crippen LogP contribution in [0, 0.1) is 5.92 Å². The zero-order chi connectivity index (χ0) is 23.5. The maximum Gasteiger partial charge on any atom is 0.272 e. The Hall–Kier alpha value is -2.19. The number of fused-ring (bicyclic) bond motifs is 1. The Morgan fingerprint density at radius 3 is 2.70 bits per heavy atom. The van der Waals surface area contributed by atoms with E-state index in [1.165, 1.54) is 0 Å². The number of carbonyl (C=O) groups is 1. The van der Waals surface area contributed by atoms with Crippen LogP contribution in [-0.2, 0) is 4.79 Å². The number of thiocarbonyl (C=S) groups is 1. The summed E-state index contributed by atoms with van der Waals surface area (Å²) in [7, 11) is 1.70. The van der Waals surface area contributed by atoms with Gasteiger partial charge in [-0.05, 0) is 49.3 Å². The molecule has 3 unspecified atom stereocenters. The van der Waals surface area contributed by atoms with Crippen molar-refractivity contribution in [3.05, 3.63) is 63.6 Å². The number of anilines is 1. The monoisotopic (exact) mass is 504 g/mol. The molecule has 0 saturated heterocycles. The molecule has 1 heterocycles. The molecule has 1 fully saturated rings. The van der Waals surface area contributed by atoms with E-state index in [9.17, 15) is 9.90 Å². The van der Waals surface area contributed by atoms with E-state index in [4.69, 9.17) is 40.4 Å². The molecule has 0 bridgehead atoms. The van der Waals surface area contributed by atoms with Gasteiger partial charge in [0.05, 0.1) is 17.5 Å². The lowest BCUT2D eigenvalue weighted by Crippen LogP contribution is -2.50. The Bertz CT molecular complexity index is 1090. The van der Waals surface area contributed by atoms with Crippen molar-refractivity contribution in [3.63, 3.8) is 0 Å². The van der Waals surface area contributed by atoms with Gasteiger partial charge in [-0.2, -0.15) is 0 Å². The minimum Gasteiger partial charge on any atom is -0.393 e. The first-order chi connectivity index (χ1) is 15.8. The lowest BCUT2D eigenvalue weighted by molar-refractivity contribution is -0.119. The number of aliphatic hydroxyl groups is 1. The van der Waals surface area contributed by atoms with E-state index in [0.29, 0.717) is 44.2 Å². The minimum absolute atomic E-state index is 0.139. The standard InChI is InChI=1S/C24H26Cl2N4O2S/c1-30-19-11-10-15(25)12-17(19)21(16-7-3-4-8-18(16)26)28-22(23(30)32)29-24(33)27-13-14-6-2-5-9-20(14)31/h3-4,7-8,10-12,14,20,22,31H,2,5-6,9,13H2,1H3,(H2,27,29,33). The Balaban J connectivity index is 1.63. The van der Waals surface area contributed by atoms with E-state index in [-0.39, 0.29) is 17.9 Å². The number of benzene rings is 2. The highest BCUT2D eigenvalue weighted by molar-refractivity contribution is 7.80. The molecule has 6 nitrogen and oxygen atoms in total. The Morgan fingerprint density at radius 2 is 1.94 bits per heavy atom. The van der Waals surface area contributed by atoms with Gasteiger partial charge in [-0.3, -0.25) is 4.79 Å². The number of benzodiazepines with no additional fused rings is 1. The second-order valence-corrected chi connectivity index (χ2v) is 9.64. The molecule has 0 spiro atoms. The molecule has 2 aromatic rings. The average molecular weight is 505 g/mol. The number of rotatable bonds is 4. The quantitative estimate of drug-likeness (QED) is 0.545. The molecular formula is C24H26Cl2N4O2S. The van der Waals surface area contributed by atoms with Gasteiger partial charge in [0.15, 0.2) is 5.11 Å². The number of hydrogen-bond acceptors (Lipinski definition) is 4. The van der Waals surface area contributed by atoms with E-state index in [1.54, 1.807) is 36.2 Å². The zero-order valence-electron chi connectivity index (χ0n) is 18.2. The summed E-state index contributed by atoms with van der Waals surface area (Å²) in [5.74, 6) is -0.123. The first-order valence-electron chi connectivity index (χ1n) is 11.0. The Morgan fingerprint density at radius 1 is 1.18 bits per heavy atom. The van der Waals surface area contributed by atoms with Crippen molar-refractivity contribution < 1.29 is 9.90 Å². The van der Waals surface area contributed by atoms with Gasteiger partial charge in [0.2, 0.25) is 6.17 Å². The first kappa shape index (κ1) is 24.0. The average Bonchev–Trinajstić information content (AvgIpc) is 2.89. The summed E-state index contributed by atoms with van der Waals surface area (Å²) >= 11 is 18.3. The number of hydrogen-bond donors (Lipinski definition) is 3. The molecule has 0 aromatic heterocycles. The van der Waals surface area contributed by atoms with Gasteiger partial charge < -0.3 is 20.6 Å². The van der Waals surface area contributed by atoms with Crippen molar-refractivity contribution in [1.29, 1.82) is 0 Å². The van der Waals surface area contributed by atoms with Gasteiger partial charge in [-0.25, -0.2) is 4.99 Å². The molecule has 33 heavy (non-hydrogen) atoms. The van der Waals surface area contributed by atoms with E-state index < -0.39 is 6.17 Å². The van der Waals surface area contributed by atoms with Crippen LogP contribution in [0.15, 0.2) is 47.5 Å². The van der Waals surface area contributed by atoms with Crippen molar-refractivity contribution in [3.8, 4) is 0 Å². The van der Waals surface area contributed by atoms with E-state index >= 15 is 0 Å². The summed E-state index contributed by atoms with van der Waals surface area (Å²) in [6.45, 7) is 0.542. The number of halogens is 2. The third-order valence-electron chi connectivity index (χ3n) is 6.19. The zero-order valence-corrected chi connectivity index (χ0v) is 20.6. The molecule has 2 aromatic carbocycles. The largest absolute Gasteiger partial charge is 0.393 e. The Kier molecular flexibility index (Phi) is 7.54. The summed E-state index contributed by atoms with van der Waals surface area (Å²) in [5.41, 5.74) is 2.64. The number of nitrogens with one attached hydrogen (secondary N) is 2. The molecule has 9 heteroatoms. The summed E-state index contributed by atoms with van der Waals surface area (Å²) in [5, 5.41) is 17.8. The van der Waals surface area contributed by atoms with Gasteiger partial charge in [0, 0.05) is 40.7 Å². The van der Waals surface area contributed by atoms with Crippen molar-refractivity contribution in [2.24, 2.45) is 10.9 Å². The number of aliphatic imine (C=N–C) groups is 1. The second kappa shape index (κ2) is 10.4. The van der Waals surface area contributed by atoms with Crippen molar-refractivity contribution in [2.75, 3.05) is 18.5 Å². The van der Waals surface area contributed by atoms with Crippen LogP contribution in [0.2, 0.25) is 10.0 Å². The van der Waals surface area contributed by atoms with Crippen LogP contribution in [0.25, 0.3) is 0 Å². The number of carbonyl (C=O) groups excluding carboxylic acids is 1. The van der Waals surface area contributed by atoms with Gasteiger partial charge in [-0.1, -0.05) is 54.2 Å². The predicted molar refractivity (Wildman–Crippen MR) is 137 cm³/mol. The van der Waals surface area contributed by atoms with Crippen LogP contribution in [0.3, 0.4) is 0 Å². The highest BCUT2D eigenvalue weighted by Gasteiger charge is 2.31. The van der Waals surface area contributed by atoms with E-state index in [0.717, 1.165) is 25.7 Å². The third-order valence-corrected chi connectivity index (χ3v) is 7.02. The number of aliphatic hydroxyl groups excluding tert-OH is 1. The lowest BCUT2D eigenvalue weighted by Gasteiger charge is -2.28. The molecule has 174 valence electrons. The van der Waals surface area contributed by atoms with Crippen molar-refractivity contribution >= 4 is 57.8 Å². The maximum absolute atomic E-state index is 13.3. The minimum atomic E-state index is -0.955. The second-order valence-electron chi connectivity index (χ2n) is 8.39. The normalized spacial score (nSPS) is 22.8. The van der Waals surface area contributed by atoms with Crippen molar-refractivity contribution in [1.82, 2.24) is 10.6 Å². The summed E-state index contributed by atoms with van der Waals surface area (Å²) in [6, 6.07) is 12.7. The van der Waals surface area contributed by atoms with Crippen LogP contribution in [0.5, 0.6) is 0 Å². The fraction of sp³-hybridized carbons (Fsp3) is 0.375. The molecule has 1 aliphatic heterocycles. The van der Waals surface area contributed by atoms with Gasteiger partial charge in [0.1, 0.15) is 0 Å². The molecule has 1 amide bonds. The van der Waals surface area contributed by atoms with Crippen LogP contribution in [0.1, 0.15) is 36.8 Å². The predicted octanol–water partition coefficient (Wildman–Crippen LogP) is 4.15. The number of nitrogens with zero attached hydrogens (tertiary/aromatic N) is 2. The third kappa shape index (κ3) is 5.32. The Labute approximate surface area is 209 Å². The number of likely N-dealkylation sites (N-methyl/N-ethyl adjacent to an activating group) is 1. The van der Waals surface area contributed by atoms with E-state index in [2.05, 4.69) is 10.6 Å². The van der Waals surface area contributed by atoms with Crippen molar-refractivity contribution in [2.45, 2.75) is 38.0 Å². The molecule has 0 radical (unpaired) electrons. The molecule has 3 N–H and O–H groups in total. The maximum atomic E-state index is 13.3. The summed E-state index contributed by atoms with van der Waals surface area (Å²) in [6.07, 6.45) is 2.62. The van der Waals surface area contributed by atoms with Crippen LogP contribution >= 0.6 is 35.4 Å². The van der Waals surface area contributed by atoms with Gasteiger partial charge in [-0.15, -0.1) is 0 Å². The fourth-order valence-electron chi connectivity index (χ4n) is 4.33. The van der Waals surface area contributed by atoms with Crippen LogP contribution in [0.4, 0.5) is 5.69 Å². The van der Waals surface area contributed by atoms with Gasteiger partial charge in [0.25, 0.3) is 5.91 Å². The molecular weight excluding hydrogens is 479 g/mol. The highest BCUT2D eigenvalue weighted by Crippen LogP contribution is 2.32. The fourth-order valence-corrected chi connectivity index (χ4v) is 4.93. The van der Waals surface area contributed by atoms with Gasteiger partial charge >= 0.3 is 0 Å². The van der Waals surface area contributed by atoms with Crippen LogP contribution < -0.4 is 15.5 Å². The van der Waals surface area contributed by atoms with E-state index in [1.807, 2.05) is 18.2 Å². The first-order valence-corrected chi connectivity index (χ1v) is 12.1. The van der Waals surface area contributed by atoms with Crippen LogP contribution in [-0.4, -0.2) is 47.7 Å². The summed E-state index contributed by atoms with van der Waals surface area (Å²) < 4.78 is 0. The molecule has 3 atom stereocenters. The molecule has 1 saturated carbocycles. The smallest absolute Gasteiger partial charge is 0.272 e. The summed E-state index contributed by atoms with van der Waals surface area (Å²) in [4.78, 5) is 19.6. The highest BCUT2D eigenvalue weighted by atomic mass is 35.5. The topological polar surface area (TPSA) is 77.0 Å². The lowest BCUT2D eigenvalue weighted by atomic mass is 9.86. The molecule has 2 aliphatic rings. The number of amides is 1. The molecule has 4 rings (SSSR count). The SMILES string of the molecule is CN1C(=O)C(NC(=S)NCC2CCCCC2O)N=C(c2ccccc2Cl)c2cc(Cl)ccc21. The molecule has 1 aliphatic carbocycles.